The third-order valence-electron chi connectivity index (χ3n) is 11.8. The molecule has 4 fully saturated rings. The molecule has 0 heterocycles. The Morgan fingerprint density at radius 3 is 2.29 bits per heavy atom. The molecule has 0 aliphatic heterocycles. The first kappa shape index (κ1) is 25.9. The molecule has 0 spiro atoms. The smallest absolute Gasteiger partial charge is 0.326 e. The van der Waals surface area contributed by atoms with Crippen LogP contribution in [0.1, 0.15) is 98.8 Å². The van der Waals surface area contributed by atoms with Crippen molar-refractivity contribution in [2.24, 2.45) is 51.8 Å². The van der Waals surface area contributed by atoms with Crippen LogP contribution in [-0.2, 0) is 19.1 Å². The zero-order chi connectivity index (χ0) is 25.1. The molecule has 9 atom stereocenters. The highest BCUT2D eigenvalue weighted by atomic mass is 16.5. The lowest BCUT2D eigenvalue weighted by Gasteiger charge is -2.62. The highest BCUT2D eigenvalue weighted by Crippen LogP contribution is 2.68. The molecule has 5 nitrogen and oxygen atoms in total. The van der Waals surface area contributed by atoms with Crippen molar-refractivity contribution in [1.82, 2.24) is 0 Å². The molecule has 4 aliphatic rings. The minimum absolute atomic E-state index is 0.0466. The van der Waals surface area contributed by atoms with Gasteiger partial charge >= 0.3 is 5.97 Å². The summed E-state index contributed by atoms with van der Waals surface area (Å²) in [6.07, 6.45) is 10.6. The number of methoxy groups -OCH3 is 1. The van der Waals surface area contributed by atoms with Gasteiger partial charge in [-0.1, -0.05) is 33.6 Å². The van der Waals surface area contributed by atoms with Crippen molar-refractivity contribution in [1.29, 1.82) is 0 Å². The predicted molar refractivity (Wildman–Crippen MR) is 131 cm³/mol. The molecule has 0 bridgehead atoms. The largest absolute Gasteiger partial charge is 0.468 e. The van der Waals surface area contributed by atoms with Crippen LogP contribution in [0.4, 0.5) is 0 Å². The lowest BCUT2D eigenvalue weighted by Crippen LogP contribution is -2.58. The maximum absolute atomic E-state index is 12.7. The molecule has 4 aliphatic carbocycles. The van der Waals surface area contributed by atoms with Crippen molar-refractivity contribution in [3.63, 3.8) is 0 Å². The van der Waals surface area contributed by atoms with Crippen LogP contribution < -0.4 is 0 Å². The first-order valence-corrected chi connectivity index (χ1v) is 13.7. The molecule has 1 N–H and O–H groups in total. The van der Waals surface area contributed by atoms with Gasteiger partial charge in [0, 0.05) is 0 Å². The van der Waals surface area contributed by atoms with E-state index in [1.807, 2.05) is 0 Å². The number of carbonyl (C=O) groups excluding carboxylic acids is 3. The normalized spacial score (nSPS) is 42.7. The fraction of sp³-hybridized carbons (Fsp3) is 0.897. The summed E-state index contributed by atoms with van der Waals surface area (Å²) < 4.78 is 4.96. The number of ketones is 2. The van der Waals surface area contributed by atoms with Gasteiger partial charge in [0.1, 0.15) is 0 Å². The number of hydrogen-bond donors (Lipinski definition) is 1. The van der Waals surface area contributed by atoms with Crippen LogP contribution in [0.5, 0.6) is 0 Å². The van der Waals surface area contributed by atoms with Gasteiger partial charge in [-0.05, 0) is 112 Å². The summed E-state index contributed by atoms with van der Waals surface area (Å²) in [5.41, 5.74) is -1.62. The van der Waals surface area contributed by atoms with Gasteiger partial charge in [-0.25, -0.2) is 0 Å². The molecule has 4 rings (SSSR count). The average Bonchev–Trinajstić information content (AvgIpc) is 3.15. The van der Waals surface area contributed by atoms with Crippen LogP contribution in [0.25, 0.3) is 0 Å². The second kappa shape index (κ2) is 9.01. The first-order valence-electron chi connectivity index (χ1n) is 13.7. The summed E-state index contributed by atoms with van der Waals surface area (Å²) in [6.45, 7) is 9.51. The van der Waals surface area contributed by atoms with E-state index in [0.717, 1.165) is 25.2 Å². The van der Waals surface area contributed by atoms with Gasteiger partial charge in [0.05, 0.1) is 13.2 Å². The number of carbonyl (C=O) groups is 3. The topological polar surface area (TPSA) is 80.7 Å². The summed E-state index contributed by atoms with van der Waals surface area (Å²) in [5, 5.41) is 11.7. The van der Waals surface area contributed by atoms with E-state index >= 15 is 0 Å². The van der Waals surface area contributed by atoms with E-state index in [-0.39, 0.29) is 29.8 Å². The predicted octanol–water partition coefficient (Wildman–Crippen LogP) is 5.37. The van der Waals surface area contributed by atoms with Crippen LogP contribution in [-0.4, -0.2) is 35.9 Å². The van der Waals surface area contributed by atoms with Crippen molar-refractivity contribution in [3.05, 3.63) is 0 Å². The third-order valence-corrected chi connectivity index (χ3v) is 11.8. The van der Waals surface area contributed by atoms with E-state index in [2.05, 4.69) is 20.8 Å². The van der Waals surface area contributed by atoms with E-state index in [9.17, 15) is 19.5 Å². The van der Waals surface area contributed by atoms with Crippen molar-refractivity contribution in [3.8, 4) is 0 Å². The molecule has 34 heavy (non-hydrogen) atoms. The lowest BCUT2D eigenvalue weighted by atomic mass is 9.44. The minimum Gasteiger partial charge on any atom is -0.468 e. The summed E-state index contributed by atoms with van der Waals surface area (Å²) in [5.74, 6) is 1.03. The first-order chi connectivity index (χ1) is 15.9. The molecule has 0 saturated heterocycles. The molecule has 0 aromatic heterocycles. The Morgan fingerprint density at radius 1 is 1.00 bits per heavy atom. The van der Waals surface area contributed by atoms with Crippen molar-refractivity contribution in [2.75, 3.05) is 7.11 Å². The van der Waals surface area contributed by atoms with Gasteiger partial charge in [0.25, 0.3) is 0 Å². The minimum atomic E-state index is -1.74. The second-order valence-electron chi connectivity index (χ2n) is 12.9. The number of rotatable bonds is 6. The Hall–Kier alpha value is -1.23. The quantitative estimate of drug-likeness (QED) is 0.413. The fourth-order valence-corrected chi connectivity index (χ4v) is 9.93. The highest BCUT2D eigenvalue weighted by molar-refractivity contribution is 6.21. The van der Waals surface area contributed by atoms with Crippen LogP contribution in [0.3, 0.4) is 0 Å². The SMILES string of the molecule is COC(=O)C(C[C@@H](C)[C@H]1CC[C@H]2[C@@H]3CCC4CCCC[C@]4(C)[C@H]3C[C@H](O)[C@]12C)(C(C)=O)C(C)=O. The number of aliphatic hydroxyl groups excluding tert-OH is 1. The molecule has 0 amide bonds. The molecular formula is C29H46O5. The zero-order valence-corrected chi connectivity index (χ0v) is 22.2. The van der Waals surface area contributed by atoms with Crippen LogP contribution in [0, 0.1) is 51.8 Å². The van der Waals surface area contributed by atoms with Gasteiger partial charge in [0.2, 0.25) is 0 Å². The fourth-order valence-electron chi connectivity index (χ4n) is 9.93. The Balaban J connectivity index is 1.62. The van der Waals surface area contributed by atoms with Gasteiger partial charge in [0.15, 0.2) is 17.0 Å². The van der Waals surface area contributed by atoms with E-state index in [0.29, 0.717) is 23.2 Å². The second-order valence-corrected chi connectivity index (χ2v) is 12.9. The van der Waals surface area contributed by atoms with E-state index < -0.39 is 23.0 Å². The van der Waals surface area contributed by atoms with Crippen LogP contribution >= 0.6 is 0 Å². The lowest BCUT2D eigenvalue weighted by molar-refractivity contribution is -0.172. The highest BCUT2D eigenvalue weighted by Gasteiger charge is 2.64. The molecule has 0 aromatic rings. The molecule has 0 radical (unpaired) electrons. The monoisotopic (exact) mass is 474 g/mol. The van der Waals surface area contributed by atoms with Crippen LogP contribution in [0.15, 0.2) is 0 Å². The average molecular weight is 475 g/mol. The Bertz CT molecular complexity index is 820. The maximum Gasteiger partial charge on any atom is 0.326 e. The van der Waals surface area contributed by atoms with E-state index in [1.54, 1.807) is 0 Å². The van der Waals surface area contributed by atoms with E-state index in [1.165, 1.54) is 59.5 Å². The van der Waals surface area contributed by atoms with Crippen molar-refractivity contribution < 1.29 is 24.2 Å². The number of hydrogen-bond acceptors (Lipinski definition) is 5. The Kier molecular flexibility index (Phi) is 6.85. The van der Waals surface area contributed by atoms with Gasteiger partial charge < -0.3 is 9.84 Å². The molecule has 4 saturated carbocycles. The number of aliphatic hydroxyl groups is 1. The number of ether oxygens (including phenoxy) is 1. The Labute approximate surface area is 205 Å². The molecule has 0 aromatic carbocycles. The van der Waals surface area contributed by atoms with Gasteiger partial charge in [-0.3, -0.25) is 14.4 Å². The Morgan fingerprint density at radius 2 is 1.68 bits per heavy atom. The number of fused-ring (bicyclic) bond motifs is 5. The molecule has 192 valence electrons. The van der Waals surface area contributed by atoms with Gasteiger partial charge in [-0.15, -0.1) is 0 Å². The molecule has 5 heteroatoms. The number of esters is 1. The zero-order valence-electron chi connectivity index (χ0n) is 22.2. The third kappa shape index (κ3) is 3.54. The molecular weight excluding hydrogens is 428 g/mol. The van der Waals surface area contributed by atoms with Gasteiger partial charge in [-0.2, -0.15) is 0 Å². The summed E-state index contributed by atoms with van der Waals surface area (Å²) >= 11 is 0. The van der Waals surface area contributed by atoms with Crippen LogP contribution in [0.2, 0.25) is 0 Å². The summed E-state index contributed by atoms with van der Waals surface area (Å²) in [7, 11) is 1.24. The van der Waals surface area contributed by atoms with Crippen molar-refractivity contribution >= 4 is 17.5 Å². The standard InChI is InChI=1S/C29H46O5/c1-17(16-29(18(2)30,19(3)31)26(33)34-6)22-12-13-23-21-11-10-20-9-7-8-14-27(20,4)24(21)15-25(32)28(22,23)5/h17,20-25,32H,7-16H2,1-6H3/t17-,20?,21+,22-,23+,24+,25+,27+,28-/m1/s1. The molecule has 1 unspecified atom stereocenters. The summed E-state index contributed by atoms with van der Waals surface area (Å²) in [6, 6.07) is 0. The van der Waals surface area contributed by atoms with E-state index in [4.69, 9.17) is 4.74 Å². The number of Topliss-reactive ketones (excluding diaryl/α,β-unsaturated/α-hetero) is 2. The maximum atomic E-state index is 12.7. The van der Waals surface area contributed by atoms with Crippen molar-refractivity contribution in [2.45, 2.75) is 105 Å². The summed E-state index contributed by atoms with van der Waals surface area (Å²) in [4.78, 5) is 38.1.